The maximum atomic E-state index is 12.8. The second kappa shape index (κ2) is 36.8. The van der Waals surface area contributed by atoms with Gasteiger partial charge in [0.15, 0.2) is 0 Å². The van der Waals surface area contributed by atoms with E-state index in [0.29, 0.717) is 17.4 Å². The Labute approximate surface area is 332 Å². The highest BCUT2D eigenvalue weighted by molar-refractivity contribution is 7.45. The van der Waals surface area contributed by atoms with E-state index in [1.165, 1.54) is 83.5 Å². The molecule has 3 atom stereocenters. The number of aliphatic hydroxyl groups is 1. The van der Waals surface area contributed by atoms with Crippen LogP contribution >= 0.6 is 7.82 Å². The molecule has 0 aromatic carbocycles. The van der Waals surface area contributed by atoms with E-state index in [2.05, 4.69) is 67.8 Å². The fourth-order valence-electron chi connectivity index (χ4n) is 5.79. The normalized spacial score (nSPS) is 15.0. The standard InChI is InChI=1S/C45H83N2O6P/c1-6-8-10-12-14-15-16-17-18-19-20-21-22-23-24-25-26-27-28-29-30-31-33-35-37-39-45(49)46-43(44(48)38-36-34-32-13-11-9-7-2)42-53-54(50,51)52-41-40-47(3,4)5/h8,10,14-15,17-18,20-21,36,38,43-44,48H,6-7,9,11-13,16,19,22-35,37,39-42H2,1-5H3,(H-,46,49,50,51)/b10-8-,15-14-,18-17-,21-20-,38-36+. The Kier molecular flexibility index (Phi) is 35.6. The summed E-state index contributed by atoms with van der Waals surface area (Å²) in [4.78, 5) is 25.1. The van der Waals surface area contributed by atoms with Crippen molar-refractivity contribution in [1.29, 1.82) is 0 Å². The number of amides is 1. The van der Waals surface area contributed by atoms with Crippen LogP contribution in [0.4, 0.5) is 0 Å². The summed E-state index contributed by atoms with van der Waals surface area (Å²) in [5.41, 5.74) is 0. The summed E-state index contributed by atoms with van der Waals surface area (Å²) in [7, 11) is 1.25. The fraction of sp³-hybridized carbons (Fsp3) is 0.756. The number of unbranched alkanes of at least 4 members (excludes halogenated alkanes) is 17. The SMILES string of the molecule is CC/C=C\C/C=C\C/C=C\C/C=C\CCCCCCCCCCCCCCC(=O)NC(COP(=O)([O-])OCC[N+](C)(C)C)C(O)/C=C/CCCCCCC. The lowest BCUT2D eigenvalue weighted by Crippen LogP contribution is -2.45. The number of quaternary nitrogens is 1. The number of aliphatic hydroxyl groups excluding tert-OH is 1. The Balaban J connectivity index is 4.14. The van der Waals surface area contributed by atoms with Crippen LogP contribution in [0.2, 0.25) is 0 Å². The minimum atomic E-state index is -4.58. The van der Waals surface area contributed by atoms with Gasteiger partial charge in [0.05, 0.1) is 39.9 Å². The van der Waals surface area contributed by atoms with Gasteiger partial charge in [-0.05, 0) is 57.8 Å². The number of phosphoric acid groups is 1. The molecule has 0 aromatic heterocycles. The molecule has 0 aliphatic carbocycles. The van der Waals surface area contributed by atoms with Crippen LogP contribution in [-0.4, -0.2) is 68.5 Å². The smallest absolute Gasteiger partial charge is 0.268 e. The van der Waals surface area contributed by atoms with Crippen molar-refractivity contribution < 1.29 is 32.9 Å². The summed E-state index contributed by atoms with van der Waals surface area (Å²) in [5.74, 6) is -0.208. The predicted octanol–water partition coefficient (Wildman–Crippen LogP) is 11.2. The van der Waals surface area contributed by atoms with Crippen LogP contribution in [-0.2, 0) is 18.4 Å². The van der Waals surface area contributed by atoms with E-state index in [1.54, 1.807) is 6.08 Å². The molecule has 1 amide bonds. The summed E-state index contributed by atoms with van der Waals surface area (Å²) >= 11 is 0. The second-order valence-corrected chi connectivity index (χ2v) is 17.1. The molecule has 8 nitrogen and oxygen atoms in total. The largest absolute Gasteiger partial charge is 0.756 e. The molecule has 0 heterocycles. The Morgan fingerprint density at radius 1 is 0.667 bits per heavy atom. The first-order valence-corrected chi connectivity index (χ1v) is 23.1. The Bertz CT molecular complexity index is 1060. The maximum absolute atomic E-state index is 12.8. The van der Waals surface area contributed by atoms with E-state index in [1.807, 2.05) is 27.2 Å². The Morgan fingerprint density at radius 2 is 1.13 bits per heavy atom. The van der Waals surface area contributed by atoms with Crippen LogP contribution < -0.4 is 10.2 Å². The molecule has 0 aliphatic heterocycles. The van der Waals surface area contributed by atoms with Crippen LogP contribution in [0.25, 0.3) is 0 Å². The highest BCUT2D eigenvalue weighted by Crippen LogP contribution is 2.38. The van der Waals surface area contributed by atoms with Crippen molar-refractivity contribution in [2.75, 3.05) is 40.9 Å². The van der Waals surface area contributed by atoms with Crippen molar-refractivity contribution in [3.05, 3.63) is 60.8 Å². The molecule has 0 fully saturated rings. The number of carbonyl (C=O) groups excluding carboxylic acids is 1. The number of allylic oxidation sites excluding steroid dienone is 9. The number of likely N-dealkylation sites (N-methyl/N-ethyl adjacent to an activating group) is 1. The topological polar surface area (TPSA) is 108 Å². The first-order valence-electron chi connectivity index (χ1n) is 21.7. The average Bonchev–Trinajstić information content (AvgIpc) is 3.12. The summed E-state index contributed by atoms with van der Waals surface area (Å²) in [6.45, 7) is 4.45. The number of hydrogen-bond acceptors (Lipinski definition) is 6. The number of rotatable bonds is 38. The van der Waals surface area contributed by atoms with Gasteiger partial charge in [-0.15, -0.1) is 0 Å². The molecule has 2 N–H and O–H groups in total. The summed E-state index contributed by atoms with van der Waals surface area (Å²) in [6, 6.07) is -0.886. The van der Waals surface area contributed by atoms with Gasteiger partial charge in [0.1, 0.15) is 13.2 Å². The first-order chi connectivity index (χ1) is 26.0. The van der Waals surface area contributed by atoms with Gasteiger partial charge in [0.2, 0.25) is 5.91 Å². The highest BCUT2D eigenvalue weighted by atomic mass is 31.2. The van der Waals surface area contributed by atoms with E-state index >= 15 is 0 Å². The van der Waals surface area contributed by atoms with E-state index in [0.717, 1.165) is 64.2 Å². The molecule has 0 radical (unpaired) electrons. The monoisotopic (exact) mass is 779 g/mol. The number of phosphoric ester groups is 1. The number of nitrogens with zero attached hydrogens (tertiary/aromatic N) is 1. The second-order valence-electron chi connectivity index (χ2n) is 15.7. The minimum absolute atomic E-state index is 0.00397. The van der Waals surface area contributed by atoms with Crippen LogP contribution in [0, 0.1) is 0 Å². The molecule has 0 spiro atoms. The zero-order valence-electron chi connectivity index (χ0n) is 35.4. The molecule has 54 heavy (non-hydrogen) atoms. The van der Waals surface area contributed by atoms with Crippen LogP contribution in [0.1, 0.15) is 168 Å². The molecule has 0 aliphatic rings. The van der Waals surface area contributed by atoms with Crippen LogP contribution in [0.15, 0.2) is 60.8 Å². The van der Waals surface area contributed by atoms with Crippen molar-refractivity contribution in [1.82, 2.24) is 5.32 Å². The quantitative estimate of drug-likeness (QED) is 0.0280. The number of nitrogens with one attached hydrogen (secondary N) is 1. The molecule has 0 aromatic rings. The summed E-state index contributed by atoms with van der Waals surface area (Å²) < 4.78 is 23.0. The van der Waals surface area contributed by atoms with Gasteiger partial charge < -0.3 is 28.8 Å². The van der Waals surface area contributed by atoms with Gasteiger partial charge in [-0.2, -0.15) is 0 Å². The van der Waals surface area contributed by atoms with Crippen molar-refractivity contribution in [3.8, 4) is 0 Å². The summed E-state index contributed by atoms with van der Waals surface area (Å²) in [5, 5.41) is 13.6. The molecule has 0 rings (SSSR count). The van der Waals surface area contributed by atoms with E-state index in [4.69, 9.17) is 9.05 Å². The summed E-state index contributed by atoms with van der Waals surface area (Å²) in [6.07, 6.45) is 47.2. The zero-order valence-corrected chi connectivity index (χ0v) is 36.3. The first kappa shape index (κ1) is 52.2. The van der Waals surface area contributed by atoms with E-state index in [9.17, 15) is 19.4 Å². The Hall–Kier alpha value is -1.80. The van der Waals surface area contributed by atoms with Gasteiger partial charge >= 0.3 is 0 Å². The minimum Gasteiger partial charge on any atom is -0.756 e. The van der Waals surface area contributed by atoms with Gasteiger partial charge in [0, 0.05) is 6.42 Å². The van der Waals surface area contributed by atoms with Gasteiger partial charge in [-0.1, -0.05) is 164 Å². The van der Waals surface area contributed by atoms with Crippen LogP contribution in [0.5, 0.6) is 0 Å². The predicted molar refractivity (Wildman–Crippen MR) is 228 cm³/mol. The lowest BCUT2D eigenvalue weighted by molar-refractivity contribution is -0.870. The third-order valence-corrected chi connectivity index (χ3v) is 10.2. The lowest BCUT2D eigenvalue weighted by atomic mass is 10.0. The molecule has 9 heteroatoms. The van der Waals surface area contributed by atoms with E-state index in [-0.39, 0.29) is 19.1 Å². The molecule has 0 bridgehead atoms. The van der Waals surface area contributed by atoms with Crippen molar-refractivity contribution >= 4 is 13.7 Å². The molecule has 314 valence electrons. The average molecular weight is 779 g/mol. The highest BCUT2D eigenvalue weighted by Gasteiger charge is 2.23. The maximum Gasteiger partial charge on any atom is 0.268 e. The number of carbonyl (C=O) groups is 1. The van der Waals surface area contributed by atoms with Crippen molar-refractivity contribution in [2.24, 2.45) is 0 Å². The lowest BCUT2D eigenvalue weighted by Gasteiger charge is -2.29. The molecule has 0 saturated heterocycles. The molecule has 3 unspecified atom stereocenters. The van der Waals surface area contributed by atoms with Crippen LogP contribution in [0.3, 0.4) is 0 Å². The fourth-order valence-corrected chi connectivity index (χ4v) is 6.51. The molecular formula is C45H83N2O6P. The third-order valence-electron chi connectivity index (χ3n) is 9.23. The van der Waals surface area contributed by atoms with Gasteiger partial charge in [0.25, 0.3) is 7.82 Å². The van der Waals surface area contributed by atoms with Gasteiger partial charge in [-0.25, -0.2) is 0 Å². The molecular weight excluding hydrogens is 695 g/mol. The zero-order chi connectivity index (χ0) is 40.0. The third kappa shape index (κ3) is 38.5. The molecule has 0 saturated carbocycles. The van der Waals surface area contributed by atoms with Crippen molar-refractivity contribution in [2.45, 2.75) is 180 Å². The number of hydrogen-bond donors (Lipinski definition) is 2. The van der Waals surface area contributed by atoms with E-state index < -0.39 is 20.0 Å². The Morgan fingerprint density at radius 3 is 1.65 bits per heavy atom. The van der Waals surface area contributed by atoms with Gasteiger partial charge in [-0.3, -0.25) is 9.36 Å². The van der Waals surface area contributed by atoms with Crippen molar-refractivity contribution in [3.63, 3.8) is 0 Å².